The van der Waals surface area contributed by atoms with Crippen LogP contribution in [-0.4, -0.2) is 6.21 Å². The first kappa shape index (κ1) is 11.2. The lowest BCUT2D eigenvalue weighted by atomic mass is 9.97. The Morgan fingerprint density at radius 1 is 1.24 bits per heavy atom. The second-order valence-corrected chi connectivity index (χ2v) is 6.74. The summed E-state index contributed by atoms with van der Waals surface area (Å²) in [6.07, 6.45) is 5.82. The van der Waals surface area contributed by atoms with Crippen LogP contribution in [0.3, 0.4) is 0 Å². The molecule has 0 aromatic carbocycles. The van der Waals surface area contributed by atoms with Crippen LogP contribution in [0.25, 0.3) is 5.70 Å². The van der Waals surface area contributed by atoms with Gasteiger partial charge < -0.3 is 0 Å². The van der Waals surface area contributed by atoms with E-state index >= 15 is 0 Å². The predicted octanol–water partition coefficient (Wildman–Crippen LogP) is 4.57. The number of hydrogen-bond acceptors (Lipinski definition) is 2. The monoisotopic (exact) mass is 245 g/mol. The number of rotatable bonds is 3. The van der Waals surface area contributed by atoms with Gasteiger partial charge in [0.15, 0.2) is 0 Å². The summed E-state index contributed by atoms with van der Waals surface area (Å²) in [5.41, 5.74) is 1.20. The molecular weight excluding hydrogens is 226 g/mol. The molecule has 1 aliphatic heterocycles. The molecule has 0 spiro atoms. The highest BCUT2D eigenvalue weighted by Crippen LogP contribution is 2.44. The molecule has 0 amide bonds. The lowest BCUT2D eigenvalue weighted by Gasteiger charge is -2.12. The van der Waals surface area contributed by atoms with Crippen LogP contribution in [0.2, 0.25) is 0 Å². The SMILES string of the molecule is CC(C)[C@H](C)c1ccc(C2=CC3CC3C=N2)s1. The summed E-state index contributed by atoms with van der Waals surface area (Å²) in [5.74, 6) is 2.90. The maximum atomic E-state index is 4.59. The number of nitrogens with zero attached hydrogens (tertiary/aromatic N) is 1. The summed E-state index contributed by atoms with van der Waals surface area (Å²) in [6, 6.07) is 4.52. The summed E-state index contributed by atoms with van der Waals surface area (Å²) >= 11 is 1.91. The minimum absolute atomic E-state index is 0.649. The van der Waals surface area contributed by atoms with Gasteiger partial charge in [-0.1, -0.05) is 26.8 Å². The number of hydrogen-bond donors (Lipinski definition) is 0. The molecule has 1 aromatic heterocycles. The van der Waals surface area contributed by atoms with Crippen molar-refractivity contribution in [3.8, 4) is 0 Å². The highest BCUT2D eigenvalue weighted by molar-refractivity contribution is 7.13. The minimum atomic E-state index is 0.649. The van der Waals surface area contributed by atoms with Crippen molar-refractivity contribution in [2.75, 3.05) is 0 Å². The molecular formula is C15H19NS. The molecule has 2 unspecified atom stereocenters. The van der Waals surface area contributed by atoms with Crippen molar-refractivity contribution >= 4 is 23.2 Å². The van der Waals surface area contributed by atoms with Crippen molar-refractivity contribution in [3.05, 3.63) is 28.0 Å². The molecule has 0 N–H and O–H groups in total. The maximum absolute atomic E-state index is 4.59. The fourth-order valence-electron chi connectivity index (χ4n) is 2.23. The zero-order valence-corrected chi connectivity index (χ0v) is 11.5. The van der Waals surface area contributed by atoms with Crippen molar-refractivity contribution < 1.29 is 0 Å². The van der Waals surface area contributed by atoms with Crippen molar-refractivity contribution in [2.24, 2.45) is 22.7 Å². The molecule has 90 valence electrons. The number of aliphatic imine (C=N–C) groups is 1. The van der Waals surface area contributed by atoms with Crippen molar-refractivity contribution in [2.45, 2.75) is 33.1 Å². The molecule has 1 aromatic rings. The molecule has 1 fully saturated rings. The third kappa shape index (κ3) is 2.11. The largest absolute Gasteiger partial charge is 0.260 e. The van der Waals surface area contributed by atoms with Crippen molar-refractivity contribution in [1.82, 2.24) is 0 Å². The van der Waals surface area contributed by atoms with Crippen LogP contribution >= 0.6 is 11.3 Å². The van der Waals surface area contributed by atoms with Gasteiger partial charge in [-0.15, -0.1) is 11.3 Å². The summed E-state index contributed by atoms with van der Waals surface area (Å²) in [6.45, 7) is 6.89. The van der Waals surface area contributed by atoms with Crippen LogP contribution in [0.5, 0.6) is 0 Å². The van der Waals surface area contributed by atoms with Gasteiger partial charge in [-0.05, 0) is 36.3 Å². The summed E-state index contributed by atoms with van der Waals surface area (Å²) in [7, 11) is 0. The number of fused-ring (bicyclic) bond motifs is 1. The first-order valence-electron chi connectivity index (χ1n) is 6.51. The lowest BCUT2D eigenvalue weighted by molar-refractivity contribution is 0.542. The van der Waals surface area contributed by atoms with Crippen LogP contribution in [0.15, 0.2) is 23.2 Å². The molecule has 1 nitrogen and oxygen atoms in total. The number of thiophene rings is 1. The van der Waals surface area contributed by atoms with Gasteiger partial charge >= 0.3 is 0 Å². The fourth-order valence-corrected chi connectivity index (χ4v) is 3.44. The molecule has 3 rings (SSSR count). The van der Waals surface area contributed by atoms with E-state index in [1.54, 1.807) is 0 Å². The van der Waals surface area contributed by atoms with Gasteiger partial charge in [-0.25, -0.2) is 0 Å². The smallest absolute Gasteiger partial charge is 0.0761 e. The molecule has 2 heteroatoms. The van der Waals surface area contributed by atoms with E-state index in [4.69, 9.17) is 0 Å². The summed E-state index contributed by atoms with van der Waals surface area (Å²) < 4.78 is 0. The Balaban J connectivity index is 1.83. The number of allylic oxidation sites excluding steroid dienone is 1. The molecule has 0 radical (unpaired) electrons. The van der Waals surface area contributed by atoms with Gasteiger partial charge in [-0.3, -0.25) is 4.99 Å². The second kappa shape index (κ2) is 4.09. The van der Waals surface area contributed by atoms with Gasteiger partial charge in [-0.2, -0.15) is 0 Å². The van der Waals surface area contributed by atoms with Crippen LogP contribution < -0.4 is 0 Å². The Morgan fingerprint density at radius 2 is 2.06 bits per heavy atom. The van der Waals surface area contributed by atoms with Crippen LogP contribution in [-0.2, 0) is 0 Å². The van der Waals surface area contributed by atoms with E-state index in [1.807, 2.05) is 11.3 Å². The zero-order valence-electron chi connectivity index (χ0n) is 10.7. The average Bonchev–Trinajstić information content (AvgIpc) is 2.93. The normalized spacial score (nSPS) is 27.9. The van der Waals surface area contributed by atoms with E-state index in [0.29, 0.717) is 11.8 Å². The third-order valence-corrected chi connectivity index (χ3v) is 5.30. The molecule has 2 heterocycles. The van der Waals surface area contributed by atoms with E-state index in [2.05, 4.69) is 50.2 Å². The molecule has 3 atom stereocenters. The van der Waals surface area contributed by atoms with E-state index in [9.17, 15) is 0 Å². The molecule has 2 aliphatic rings. The van der Waals surface area contributed by atoms with E-state index in [0.717, 1.165) is 11.8 Å². The Morgan fingerprint density at radius 3 is 2.76 bits per heavy atom. The van der Waals surface area contributed by atoms with E-state index in [-0.39, 0.29) is 0 Å². The standard InChI is InChI=1S/C15H19NS/c1-9(2)10(3)14-4-5-15(17-14)13-7-11-6-12(11)8-16-13/h4-5,7-12H,6H2,1-3H3/t10-,11?,12?/m0/s1. The van der Waals surface area contributed by atoms with Crippen LogP contribution in [0, 0.1) is 17.8 Å². The third-order valence-electron chi connectivity index (χ3n) is 4.00. The molecule has 1 aliphatic carbocycles. The molecule has 0 bridgehead atoms. The Hall–Kier alpha value is -0.890. The summed E-state index contributed by atoms with van der Waals surface area (Å²) in [5, 5.41) is 0. The lowest BCUT2D eigenvalue weighted by Crippen LogP contribution is -1.98. The van der Waals surface area contributed by atoms with Gasteiger partial charge in [0.25, 0.3) is 0 Å². The Kier molecular flexibility index (Phi) is 2.70. The van der Waals surface area contributed by atoms with Gasteiger partial charge in [0, 0.05) is 17.0 Å². The van der Waals surface area contributed by atoms with Gasteiger partial charge in [0.1, 0.15) is 0 Å². The Bertz CT molecular complexity index is 481. The highest BCUT2D eigenvalue weighted by Gasteiger charge is 2.36. The van der Waals surface area contributed by atoms with E-state index < -0.39 is 0 Å². The highest BCUT2D eigenvalue weighted by atomic mass is 32.1. The van der Waals surface area contributed by atoms with Crippen LogP contribution in [0.1, 0.15) is 42.9 Å². The molecule has 1 saturated carbocycles. The van der Waals surface area contributed by atoms with Crippen molar-refractivity contribution in [3.63, 3.8) is 0 Å². The van der Waals surface area contributed by atoms with E-state index in [1.165, 1.54) is 21.9 Å². The summed E-state index contributed by atoms with van der Waals surface area (Å²) in [4.78, 5) is 7.42. The van der Waals surface area contributed by atoms with Gasteiger partial charge in [0.2, 0.25) is 0 Å². The first-order valence-corrected chi connectivity index (χ1v) is 7.33. The minimum Gasteiger partial charge on any atom is -0.260 e. The topological polar surface area (TPSA) is 12.4 Å². The quantitative estimate of drug-likeness (QED) is 0.739. The van der Waals surface area contributed by atoms with Crippen molar-refractivity contribution in [1.29, 1.82) is 0 Å². The second-order valence-electron chi connectivity index (χ2n) is 5.63. The maximum Gasteiger partial charge on any atom is 0.0761 e. The zero-order chi connectivity index (χ0) is 12.0. The fraction of sp³-hybridized carbons (Fsp3) is 0.533. The molecule has 0 saturated heterocycles. The van der Waals surface area contributed by atoms with Crippen LogP contribution in [0.4, 0.5) is 0 Å². The van der Waals surface area contributed by atoms with Gasteiger partial charge in [0.05, 0.1) is 10.6 Å². The molecule has 17 heavy (non-hydrogen) atoms. The first-order chi connectivity index (χ1) is 8.15. The average molecular weight is 245 g/mol. The predicted molar refractivity (Wildman–Crippen MR) is 75.6 cm³/mol. The Labute approximate surface area is 107 Å².